The fourth-order valence-corrected chi connectivity index (χ4v) is 5.91. The monoisotopic (exact) mass is 452 g/mol. The molecule has 0 aromatic carbocycles. The summed E-state index contributed by atoms with van der Waals surface area (Å²) in [6.45, 7) is 5.05. The number of halogens is 1. The van der Waals surface area contributed by atoms with Crippen LogP contribution in [0.2, 0.25) is 0 Å². The normalized spacial score (nSPS) is 21.3. The third-order valence-corrected chi connectivity index (χ3v) is 7.64. The van der Waals surface area contributed by atoms with Gasteiger partial charge in [0.25, 0.3) is 5.24 Å². The van der Waals surface area contributed by atoms with Crippen LogP contribution < -0.4 is 4.90 Å². The molecule has 7 nitrogen and oxygen atoms in total. The number of hydrogen-bond donors (Lipinski definition) is 0. The van der Waals surface area contributed by atoms with E-state index < -0.39 is 4.75 Å². The summed E-state index contributed by atoms with van der Waals surface area (Å²) in [5.41, 5.74) is 0.638. The van der Waals surface area contributed by atoms with Crippen molar-refractivity contribution in [3.8, 4) is 0 Å². The van der Waals surface area contributed by atoms with Gasteiger partial charge in [-0.3, -0.25) is 24.2 Å². The Bertz CT molecular complexity index is 779. The standard InChI is InChI=1S/C21H28N4O3S.ClH/c26-16-17-6-5-9-22-18(17)24-14-12-23(13-15-24)10-3-4-11-25-19(27)21(29-20(25)28)7-1-2-8-21;/h5-6,9,16H,1-4,7-8,10-15H2;1H. The number of piperazine rings is 1. The maximum atomic E-state index is 12.7. The van der Waals surface area contributed by atoms with Crippen LogP contribution >= 0.6 is 24.2 Å². The molecule has 0 unspecified atom stereocenters. The molecular weight excluding hydrogens is 424 g/mol. The van der Waals surface area contributed by atoms with E-state index in [1.807, 2.05) is 0 Å². The van der Waals surface area contributed by atoms with Gasteiger partial charge in [0.15, 0.2) is 6.29 Å². The number of carbonyl (C=O) groups excluding carboxylic acids is 3. The summed E-state index contributed by atoms with van der Waals surface area (Å²) in [5.74, 6) is 0.825. The Kier molecular flexibility index (Phi) is 7.76. The Hall–Kier alpha value is -1.64. The molecule has 1 aromatic rings. The summed E-state index contributed by atoms with van der Waals surface area (Å²) in [6, 6.07) is 3.59. The van der Waals surface area contributed by atoms with E-state index in [2.05, 4.69) is 14.8 Å². The summed E-state index contributed by atoms with van der Waals surface area (Å²) in [5, 5.41) is -0.0492. The summed E-state index contributed by atoms with van der Waals surface area (Å²) in [6.07, 6.45) is 8.22. The number of thioether (sulfide) groups is 1. The maximum Gasteiger partial charge on any atom is 0.289 e. The van der Waals surface area contributed by atoms with Crippen molar-refractivity contribution < 1.29 is 14.4 Å². The first-order chi connectivity index (χ1) is 14.1. The zero-order chi connectivity index (χ0) is 20.3. The minimum absolute atomic E-state index is 0. The number of unbranched alkanes of at least 4 members (excludes halogenated alkanes) is 1. The molecule has 3 fully saturated rings. The van der Waals surface area contributed by atoms with Gasteiger partial charge in [0.1, 0.15) is 10.6 Å². The molecule has 164 valence electrons. The fraction of sp³-hybridized carbons (Fsp3) is 0.619. The third-order valence-electron chi connectivity index (χ3n) is 6.27. The van der Waals surface area contributed by atoms with Gasteiger partial charge in [0.05, 0.1) is 5.56 Å². The van der Waals surface area contributed by atoms with Crippen LogP contribution in [0.25, 0.3) is 0 Å². The second kappa shape index (κ2) is 10.1. The van der Waals surface area contributed by atoms with Crippen molar-refractivity contribution in [2.75, 3.05) is 44.2 Å². The Balaban J connectivity index is 0.00000256. The van der Waals surface area contributed by atoms with E-state index in [1.54, 1.807) is 18.3 Å². The predicted molar refractivity (Wildman–Crippen MR) is 121 cm³/mol. The highest BCUT2D eigenvalue weighted by atomic mass is 35.5. The molecule has 1 aliphatic carbocycles. The van der Waals surface area contributed by atoms with E-state index in [0.717, 1.165) is 83.4 Å². The first-order valence-corrected chi connectivity index (χ1v) is 11.4. The first kappa shape index (κ1) is 23.0. The quantitative estimate of drug-likeness (QED) is 0.464. The van der Waals surface area contributed by atoms with Gasteiger partial charge in [-0.25, -0.2) is 4.98 Å². The van der Waals surface area contributed by atoms with Crippen molar-refractivity contribution in [3.63, 3.8) is 0 Å². The molecule has 2 saturated heterocycles. The molecule has 1 aromatic heterocycles. The van der Waals surface area contributed by atoms with E-state index in [0.29, 0.717) is 12.1 Å². The molecule has 3 heterocycles. The molecule has 30 heavy (non-hydrogen) atoms. The number of hydrogen-bond acceptors (Lipinski definition) is 7. The minimum atomic E-state index is -0.431. The molecular formula is C21H29ClN4O3S. The lowest BCUT2D eigenvalue weighted by atomic mass is 10.1. The van der Waals surface area contributed by atoms with Crippen LogP contribution in [0.4, 0.5) is 10.6 Å². The van der Waals surface area contributed by atoms with Crippen LogP contribution in [0.1, 0.15) is 48.9 Å². The number of imide groups is 1. The highest BCUT2D eigenvalue weighted by molar-refractivity contribution is 8.16. The zero-order valence-electron chi connectivity index (χ0n) is 17.1. The number of anilines is 1. The summed E-state index contributed by atoms with van der Waals surface area (Å²) in [7, 11) is 0. The van der Waals surface area contributed by atoms with E-state index in [1.165, 1.54) is 16.7 Å². The van der Waals surface area contributed by atoms with Gasteiger partial charge >= 0.3 is 0 Å². The summed E-state index contributed by atoms with van der Waals surface area (Å²) < 4.78 is -0.431. The highest BCUT2D eigenvalue weighted by Gasteiger charge is 2.53. The van der Waals surface area contributed by atoms with Crippen molar-refractivity contribution in [3.05, 3.63) is 23.9 Å². The largest absolute Gasteiger partial charge is 0.353 e. The van der Waals surface area contributed by atoms with Crippen molar-refractivity contribution in [2.24, 2.45) is 0 Å². The second-order valence-electron chi connectivity index (χ2n) is 8.10. The number of nitrogens with zero attached hydrogens (tertiary/aromatic N) is 4. The minimum Gasteiger partial charge on any atom is -0.353 e. The van der Waals surface area contributed by atoms with Gasteiger partial charge < -0.3 is 4.90 Å². The van der Waals surface area contributed by atoms with Crippen molar-refractivity contribution in [1.82, 2.24) is 14.8 Å². The van der Waals surface area contributed by atoms with Crippen molar-refractivity contribution in [2.45, 2.75) is 43.3 Å². The van der Waals surface area contributed by atoms with E-state index in [-0.39, 0.29) is 23.6 Å². The van der Waals surface area contributed by atoms with Gasteiger partial charge in [0.2, 0.25) is 5.91 Å². The second-order valence-corrected chi connectivity index (χ2v) is 9.43. The van der Waals surface area contributed by atoms with Gasteiger partial charge in [-0.15, -0.1) is 12.4 Å². The van der Waals surface area contributed by atoms with Crippen LogP contribution in [0.3, 0.4) is 0 Å². The topological polar surface area (TPSA) is 73.8 Å². The number of pyridine rings is 1. The molecule has 4 rings (SSSR count). The maximum absolute atomic E-state index is 12.7. The number of aromatic nitrogens is 1. The molecule has 9 heteroatoms. The lowest BCUT2D eigenvalue weighted by Crippen LogP contribution is -2.47. The fourth-order valence-electron chi connectivity index (χ4n) is 4.60. The molecule has 0 N–H and O–H groups in total. The number of carbonyl (C=O) groups is 3. The molecule has 1 saturated carbocycles. The van der Waals surface area contributed by atoms with Crippen LogP contribution in [-0.4, -0.2) is 76.2 Å². The Morgan fingerprint density at radius 1 is 1.07 bits per heavy atom. The lowest BCUT2D eigenvalue weighted by molar-refractivity contribution is -0.129. The predicted octanol–water partition coefficient (Wildman–Crippen LogP) is 3.23. The van der Waals surface area contributed by atoms with Crippen LogP contribution in [0.15, 0.2) is 18.3 Å². The van der Waals surface area contributed by atoms with Crippen molar-refractivity contribution in [1.29, 1.82) is 0 Å². The Morgan fingerprint density at radius 2 is 1.77 bits per heavy atom. The van der Waals surface area contributed by atoms with Crippen LogP contribution in [0, 0.1) is 0 Å². The zero-order valence-corrected chi connectivity index (χ0v) is 18.8. The smallest absolute Gasteiger partial charge is 0.289 e. The molecule has 0 radical (unpaired) electrons. The van der Waals surface area contributed by atoms with Gasteiger partial charge in [-0.05, 0) is 56.1 Å². The molecule has 0 bridgehead atoms. The summed E-state index contributed by atoms with van der Waals surface area (Å²) >= 11 is 1.27. The van der Waals surface area contributed by atoms with Crippen LogP contribution in [0.5, 0.6) is 0 Å². The Labute approximate surface area is 188 Å². The molecule has 3 aliphatic rings. The number of aldehydes is 1. The van der Waals surface area contributed by atoms with Crippen molar-refractivity contribution >= 4 is 47.4 Å². The third kappa shape index (κ3) is 4.65. The van der Waals surface area contributed by atoms with Gasteiger partial charge in [-0.1, -0.05) is 12.8 Å². The summed E-state index contributed by atoms with van der Waals surface area (Å²) in [4.78, 5) is 46.6. The van der Waals surface area contributed by atoms with E-state index >= 15 is 0 Å². The van der Waals surface area contributed by atoms with Gasteiger partial charge in [0, 0.05) is 38.9 Å². The molecule has 1 spiro atoms. The van der Waals surface area contributed by atoms with E-state index in [9.17, 15) is 14.4 Å². The number of rotatable bonds is 7. The SMILES string of the molecule is Cl.O=Cc1cccnc1N1CCN(CCCCN2C(=O)SC3(CCCC3)C2=O)CC1. The molecule has 0 atom stereocenters. The van der Waals surface area contributed by atoms with E-state index in [4.69, 9.17) is 0 Å². The van der Waals surface area contributed by atoms with Crippen LogP contribution in [-0.2, 0) is 4.79 Å². The average Bonchev–Trinajstić information content (AvgIpc) is 3.31. The average molecular weight is 453 g/mol. The van der Waals surface area contributed by atoms with Gasteiger partial charge in [-0.2, -0.15) is 0 Å². The first-order valence-electron chi connectivity index (χ1n) is 10.6. The molecule has 2 amide bonds. The highest BCUT2D eigenvalue weighted by Crippen LogP contribution is 2.48. The Morgan fingerprint density at radius 3 is 2.47 bits per heavy atom. The lowest BCUT2D eigenvalue weighted by Gasteiger charge is -2.35. The molecule has 2 aliphatic heterocycles. The number of amides is 2.